The van der Waals surface area contributed by atoms with Crippen molar-refractivity contribution in [2.24, 2.45) is 11.7 Å². The molecule has 0 heterocycles. The fourth-order valence-corrected chi connectivity index (χ4v) is 3.43. The second-order valence-electron chi connectivity index (χ2n) is 6.59. The Hall–Kier alpha value is -1.33. The lowest BCUT2D eigenvalue weighted by molar-refractivity contribution is -0.122. The predicted molar refractivity (Wildman–Crippen MR) is 104 cm³/mol. The first-order valence-electron chi connectivity index (χ1n) is 8.95. The van der Waals surface area contributed by atoms with E-state index >= 15 is 0 Å². The summed E-state index contributed by atoms with van der Waals surface area (Å²) in [5.41, 5.74) is 5.69. The molecule has 3 N–H and O–H groups in total. The number of hydrogen-bond donors (Lipinski definition) is 2. The van der Waals surface area contributed by atoms with Crippen LogP contribution in [0.1, 0.15) is 57.9 Å². The van der Waals surface area contributed by atoms with Crippen molar-refractivity contribution in [1.29, 1.82) is 0 Å². The van der Waals surface area contributed by atoms with Gasteiger partial charge in [0.25, 0.3) is 0 Å². The minimum absolute atomic E-state index is 0.0369. The van der Waals surface area contributed by atoms with Gasteiger partial charge in [-0.3, -0.25) is 9.59 Å². The Morgan fingerprint density at radius 1 is 1.27 bits per heavy atom. The van der Waals surface area contributed by atoms with Crippen LogP contribution in [-0.2, 0) is 16.0 Å². The molecular formula is C19H27Cl2FN2O2. The minimum atomic E-state index is -0.254. The van der Waals surface area contributed by atoms with Gasteiger partial charge in [0.1, 0.15) is 5.82 Å². The molecule has 26 heavy (non-hydrogen) atoms. The van der Waals surface area contributed by atoms with E-state index in [0.717, 1.165) is 32.1 Å². The SMILES string of the molecule is CC(=O)NC1CCC(C(N)=O)C1.CCCCCc1c(F)ccc(Cl)c1Cl. The van der Waals surface area contributed by atoms with Crippen molar-refractivity contribution in [2.45, 2.75) is 64.8 Å². The molecule has 2 amide bonds. The van der Waals surface area contributed by atoms with Crippen molar-refractivity contribution >= 4 is 35.0 Å². The summed E-state index contributed by atoms with van der Waals surface area (Å²) in [6, 6.07) is 3.01. The third-order valence-corrected chi connectivity index (χ3v) is 5.26. The van der Waals surface area contributed by atoms with Crippen LogP contribution < -0.4 is 11.1 Å². The Morgan fingerprint density at radius 2 is 1.96 bits per heavy atom. The summed E-state index contributed by atoms with van der Waals surface area (Å²) in [5.74, 6) is -0.578. The largest absolute Gasteiger partial charge is 0.369 e. The molecule has 0 spiro atoms. The zero-order valence-corrected chi connectivity index (χ0v) is 16.8. The van der Waals surface area contributed by atoms with Gasteiger partial charge in [0.05, 0.1) is 10.0 Å². The van der Waals surface area contributed by atoms with Gasteiger partial charge in [-0.25, -0.2) is 4.39 Å². The van der Waals surface area contributed by atoms with Crippen LogP contribution in [-0.4, -0.2) is 17.9 Å². The monoisotopic (exact) mass is 404 g/mol. The predicted octanol–water partition coefficient (Wildman–Crippen LogP) is 4.64. The molecule has 2 atom stereocenters. The van der Waals surface area contributed by atoms with E-state index in [-0.39, 0.29) is 29.6 Å². The van der Waals surface area contributed by atoms with E-state index in [4.69, 9.17) is 28.9 Å². The molecule has 0 aliphatic heterocycles. The number of carbonyl (C=O) groups excluding carboxylic acids is 2. The Labute approximate surface area is 164 Å². The molecule has 7 heteroatoms. The van der Waals surface area contributed by atoms with Crippen LogP contribution in [0.4, 0.5) is 4.39 Å². The van der Waals surface area contributed by atoms with Crippen molar-refractivity contribution in [3.63, 3.8) is 0 Å². The molecule has 1 aromatic rings. The van der Waals surface area contributed by atoms with Gasteiger partial charge in [-0.1, -0.05) is 43.0 Å². The average molecular weight is 405 g/mol. The van der Waals surface area contributed by atoms with Gasteiger partial charge in [0.15, 0.2) is 0 Å². The molecule has 1 aliphatic carbocycles. The Bertz CT molecular complexity index is 626. The summed E-state index contributed by atoms with van der Waals surface area (Å²) in [6.45, 7) is 3.59. The highest BCUT2D eigenvalue weighted by molar-refractivity contribution is 6.42. The first kappa shape index (κ1) is 22.7. The van der Waals surface area contributed by atoms with E-state index in [0.29, 0.717) is 28.5 Å². The molecule has 1 aliphatic rings. The third kappa shape index (κ3) is 7.50. The first-order chi connectivity index (χ1) is 12.3. The number of primary amides is 1. The van der Waals surface area contributed by atoms with Gasteiger partial charge in [0, 0.05) is 24.4 Å². The van der Waals surface area contributed by atoms with E-state index in [9.17, 15) is 14.0 Å². The summed E-state index contributed by atoms with van der Waals surface area (Å²) in [6.07, 6.45) is 6.19. The minimum Gasteiger partial charge on any atom is -0.369 e. The number of unbranched alkanes of at least 4 members (excludes halogenated alkanes) is 2. The second kappa shape index (κ2) is 11.4. The normalized spacial score (nSPS) is 18.8. The van der Waals surface area contributed by atoms with Crippen LogP contribution in [0.2, 0.25) is 10.0 Å². The van der Waals surface area contributed by atoms with Crippen molar-refractivity contribution in [3.05, 3.63) is 33.6 Å². The molecule has 1 fully saturated rings. The highest BCUT2D eigenvalue weighted by Gasteiger charge is 2.28. The molecule has 2 unspecified atom stereocenters. The maximum absolute atomic E-state index is 13.3. The third-order valence-electron chi connectivity index (χ3n) is 4.41. The van der Waals surface area contributed by atoms with E-state index < -0.39 is 0 Å². The summed E-state index contributed by atoms with van der Waals surface area (Å²) in [7, 11) is 0. The van der Waals surface area contributed by atoms with Gasteiger partial charge in [-0.2, -0.15) is 0 Å². The Balaban J connectivity index is 0.000000263. The molecular weight excluding hydrogens is 378 g/mol. The van der Waals surface area contributed by atoms with Crippen molar-refractivity contribution in [3.8, 4) is 0 Å². The maximum atomic E-state index is 13.3. The van der Waals surface area contributed by atoms with Crippen LogP contribution in [0.3, 0.4) is 0 Å². The van der Waals surface area contributed by atoms with Gasteiger partial charge < -0.3 is 11.1 Å². The quantitative estimate of drug-likeness (QED) is 0.535. The Kier molecular flexibility index (Phi) is 9.96. The standard InChI is InChI=1S/C11H13Cl2F.C8H14N2O2/c1-2-3-4-5-8-10(14)7-6-9(12)11(8)13;1-5(11)10-7-3-2-6(4-7)8(9)12/h6-7H,2-5H2,1H3;6-7H,2-4H2,1H3,(H2,9,12)(H,10,11). The maximum Gasteiger partial charge on any atom is 0.220 e. The topological polar surface area (TPSA) is 72.2 Å². The first-order valence-corrected chi connectivity index (χ1v) is 9.70. The highest BCUT2D eigenvalue weighted by Crippen LogP contribution is 2.29. The molecule has 0 radical (unpaired) electrons. The van der Waals surface area contributed by atoms with Crippen molar-refractivity contribution < 1.29 is 14.0 Å². The zero-order valence-electron chi connectivity index (χ0n) is 15.3. The number of nitrogens with one attached hydrogen (secondary N) is 1. The fraction of sp³-hybridized carbons (Fsp3) is 0.579. The zero-order chi connectivity index (χ0) is 19.7. The van der Waals surface area contributed by atoms with Gasteiger partial charge in [-0.15, -0.1) is 0 Å². The van der Waals surface area contributed by atoms with Crippen molar-refractivity contribution in [1.82, 2.24) is 5.32 Å². The van der Waals surface area contributed by atoms with Crippen LogP contribution in [0.15, 0.2) is 12.1 Å². The van der Waals surface area contributed by atoms with E-state index in [1.165, 1.54) is 19.1 Å². The lowest BCUT2D eigenvalue weighted by atomic mass is 10.1. The lowest BCUT2D eigenvalue weighted by Crippen LogP contribution is -2.31. The molecule has 2 rings (SSSR count). The van der Waals surface area contributed by atoms with Gasteiger partial charge >= 0.3 is 0 Å². The average Bonchev–Trinajstić information content (AvgIpc) is 3.03. The number of carbonyl (C=O) groups is 2. The molecule has 0 bridgehead atoms. The molecule has 0 saturated heterocycles. The van der Waals surface area contributed by atoms with Gasteiger partial charge in [0.2, 0.25) is 11.8 Å². The summed E-state index contributed by atoms with van der Waals surface area (Å²) >= 11 is 11.7. The van der Waals surface area contributed by atoms with Gasteiger partial charge in [-0.05, 0) is 44.2 Å². The molecule has 1 saturated carbocycles. The molecule has 146 valence electrons. The fourth-order valence-electron chi connectivity index (χ4n) is 3.01. The highest BCUT2D eigenvalue weighted by atomic mass is 35.5. The van der Waals surface area contributed by atoms with Crippen LogP contribution in [0.25, 0.3) is 0 Å². The summed E-state index contributed by atoms with van der Waals surface area (Å²) in [5, 5.41) is 3.57. The van der Waals surface area contributed by atoms with Crippen LogP contribution in [0, 0.1) is 11.7 Å². The lowest BCUT2D eigenvalue weighted by Gasteiger charge is -2.09. The van der Waals surface area contributed by atoms with Crippen molar-refractivity contribution in [2.75, 3.05) is 0 Å². The van der Waals surface area contributed by atoms with E-state index in [2.05, 4.69) is 12.2 Å². The Morgan fingerprint density at radius 3 is 2.50 bits per heavy atom. The number of halogens is 3. The van der Waals surface area contributed by atoms with Crippen LogP contribution in [0.5, 0.6) is 0 Å². The van der Waals surface area contributed by atoms with E-state index in [1.54, 1.807) is 0 Å². The number of rotatable bonds is 6. The number of hydrogen-bond acceptors (Lipinski definition) is 2. The van der Waals surface area contributed by atoms with E-state index in [1.807, 2.05) is 0 Å². The second-order valence-corrected chi connectivity index (χ2v) is 7.37. The summed E-state index contributed by atoms with van der Waals surface area (Å²) < 4.78 is 13.3. The summed E-state index contributed by atoms with van der Waals surface area (Å²) in [4.78, 5) is 21.4. The van der Waals surface area contributed by atoms with Crippen LogP contribution >= 0.6 is 23.2 Å². The number of benzene rings is 1. The number of nitrogens with two attached hydrogens (primary N) is 1. The molecule has 4 nitrogen and oxygen atoms in total. The molecule has 0 aromatic heterocycles. The molecule has 1 aromatic carbocycles. The smallest absolute Gasteiger partial charge is 0.220 e. The number of amides is 2.